The quantitative estimate of drug-likeness (QED) is 0.157. The zero-order valence-corrected chi connectivity index (χ0v) is 34.2. The summed E-state index contributed by atoms with van der Waals surface area (Å²) in [5.41, 5.74) is 13.2. The van der Waals surface area contributed by atoms with E-state index in [-0.39, 0.29) is 5.41 Å². The van der Waals surface area contributed by atoms with Gasteiger partial charge in [0, 0.05) is 25.6 Å². The largest absolute Gasteiger partial charge is 0.135 e. The van der Waals surface area contributed by atoms with Crippen LogP contribution in [0, 0.1) is 0 Å². The average molecular weight is 779 g/mol. The summed E-state index contributed by atoms with van der Waals surface area (Å²) in [5, 5.41) is 15.6. The fourth-order valence-corrected chi connectivity index (χ4v) is 12.0. The molecule has 0 amide bonds. The van der Waals surface area contributed by atoms with E-state index in [0.717, 1.165) is 0 Å². The van der Waals surface area contributed by atoms with Crippen LogP contribution in [-0.4, -0.2) is 0 Å². The van der Waals surface area contributed by atoms with Gasteiger partial charge in [-0.2, -0.15) is 0 Å². The van der Waals surface area contributed by atoms with Crippen molar-refractivity contribution in [1.82, 2.24) is 0 Å². The van der Waals surface area contributed by atoms with Crippen LogP contribution in [0.15, 0.2) is 194 Å². The third-order valence-corrected chi connectivity index (χ3v) is 14.7. The van der Waals surface area contributed by atoms with Crippen molar-refractivity contribution in [3.63, 3.8) is 0 Å². The highest BCUT2D eigenvalue weighted by Gasteiger charge is 2.38. The molecule has 0 aliphatic heterocycles. The van der Waals surface area contributed by atoms with E-state index in [9.17, 15) is 0 Å². The lowest BCUT2D eigenvalue weighted by molar-refractivity contribution is 0.667. The second-order valence-electron chi connectivity index (χ2n) is 17.2. The van der Waals surface area contributed by atoms with Crippen LogP contribution in [0.2, 0.25) is 0 Å². The standard InChI is InChI=1S/C59H38S/c1-59(2)51-29-26-36-13-4-6-16-43(36)56(51)49-28-31-53-57(58(49)59)50-34-40(27-30-52(50)60-53)38-22-23-39-33-41(25-24-37(39)32-38)54-45-17-7-9-19-47(45)55(48-20-10-8-18-46(48)54)44-21-11-14-35-12-3-5-15-42(35)44/h3-34H,1-2H3. The SMILES string of the molecule is CC1(C)c2ccc3ccccc3c2-c2ccc3sc4ccc(-c5ccc6cc(-c7c8ccccc8c(-c8cccc9ccccc89)c8ccccc78)ccc6c5)cc4c3c21. The van der Waals surface area contributed by atoms with Crippen molar-refractivity contribution in [2.24, 2.45) is 0 Å². The van der Waals surface area contributed by atoms with Gasteiger partial charge in [-0.05, 0) is 140 Å². The van der Waals surface area contributed by atoms with Gasteiger partial charge in [-0.3, -0.25) is 0 Å². The molecule has 1 aromatic heterocycles. The summed E-state index contributed by atoms with van der Waals surface area (Å²) in [6, 6.07) is 72.9. The lowest BCUT2D eigenvalue weighted by Gasteiger charge is -2.23. The van der Waals surface area contributed by atoms with Crippen LogP contribution >= 0.6 is 11.3 Å². The maximum atomic E-state index is 2.46. The Morgan fingerprint density at radius 1 is 0.333 bits per heavy atom. The molecule has 0 atom stereocenters. The minimum atomic E-state index is -0.105. The molecule has 0 radical (unpaired) electrons. The Hall–Kier alpha value is -7.06. The Labute approximate surface area is 352 Å². The first-order chi connectivity index (χ1) is 29.5. The van der Waals surface area contributed by atoms with E-state index < -0.39 is 0 Å². The topological polar surface area (TPSA) is 0 Å². The second kappa shape index (κ2) is 12.5. The number of hydrogen-bond donors (Lipinski definition) is 0. The highest BCUT2D eigenvalue weighted by molar-refractivity contribution is 7.25. The molecular weight excluding hydrogens is 741 g/mol. The fraction of sp³-hybridized carbons (Fsp3) is 0.0508. The van der Waals surface area contributed by atoms with Crippen molar-refractivity contribution in [3.05, 3.63) is 205 Å². The molecule has 1 aliphatic rings. The molecular formula is C59H38S. The van der Waals surface area contributed by atoms with E-state index in [0.29, 0.717) is 0 Å². The molecule has 11 aromatic carbocycles. The number of hydrogen-bond acceptors (Lipinski definition) is 1. The van der Waals surface area contributed by atoms with Crippen molar-refractivity contribution in [2.45, 2.75) is 19.3 Å². The summed E-state index contributed by atoms with van der Waals surface area (Å²) in [5.74, 6) is 0. The molecule has 1 heterocycles. The van der Waals surface area contributed by atoms with Crippen molar-refractivity contribution < 1.29 is 0 Å². The van der Waals surface area contributed by atoms with Crippen LogP contribution in [0.1, 0.15) is 25.0 Å². The van der Waals surface area contributed by atoms with Gasteiger partial charge in [0.25, 0.3) is 0 Å². The van der Waals surface area contributed by atoms with Crippen LogP contribution < -0.4 is 0 Å². The molecule has 0 bridgehead atoms. The lowest BCUT2D eigenvalue weighted by Crippen LogP contribution is -2.15. The number of fused-ring (bicyclic) bond motifs is 13. The Morgan fingerprint density at radius 3 is 1.60 bits per heavy atom. The third kappa shape index (κ3) is 4.73. The Balaban J connectivity index is 0.952. The molecule has 0 nitrogen and oxygen atoms in total. The molecule has 0 saturated carbocycles. The lowest BCUT2D eigenvalue weighted by atomic mass is 9.80. The van der Waals surface area contributed by atoms with E-state index in [1.807, 2.05) is 11.3 Å². The summed E-state index contributed by atoms with van der Waals surface area (Å²) in [4.78, 5) is 0. The maximum absolute atomic E-state index is 2.46. The van der Waals surface area contributed by atoms with Gasteiger partial charge >= 0.3 is 0 Å². The molecule has 280 valence electrons. The van der Waals surface area contributed by atoms with E-state index in [2.05, 4.69) is 208 Å². The molecule has 0 fully saturated rings. The highest BCUT2D eigenvalue weighted by atomic mass is 32.1. The van der Waals surface area contributed by atoms with Gasteiger partial charge in [0.05, 0.1) is 0 Å². The molecule has 13 rings (SSSR count). The van der Waals surface area contributed by atoms with Gasteiger partial charge in [0.2, 0.25) is 0 Å². The zero-order valence-electron chi connectivity index (χ0n) is 33.4. The van der Waals surface area contributed by atoms with Crippen LogP contribution in [0.25, 0.3) is 119 Å². The molecule has 0 saturated heterocycles. The van der Waals surface area contributed by atoms with Gasteiger partial charge in [0.15, 0.2) is 0 Å². The number of thiophene rings is 1. The summed E-state index contributed by atoms with van der Waals surface area (Å²) < 4.78 is 2.71. The minimum Gasteiger partial charge on any atom is -0.135 e. The van der Waals surface area contributed by atoms with Crippen molar-refractivity contribution >= 4 is 85.4 Å². The normalized spacial score (nSPS) is 13.3. The average Bonchev–Trinajstić information content (AvgIpc) is 3.78. The van der Waals surface area contributed by atoms with Gasteiger partial charge in [-0.15, -0.1) is 11.3 Å². The van der Waals surface area contributed by atoms with E-state index >= 15 is 0 Å². The Kier molecular flexibility index (Phi) is 7.04. The molecule has 1 heteroatoms. The first kappa shape index (κ1) is 33.9. The van der Waals surface area contributed by atoms with Crippen molar-refractivity contribution in [3.8, 4) is 44.5 Å². The van der Waals surface area contributed by atoms with Crippen LogP contribution in [-0.2, 0) is 5.41 Å². The van der Waals surface area contributed by atoms with Gasteiger partial charge < -0.3 is 0 Å². The predicted octanol–water partition coefficient (Wildman–Crippen LogP) is 17.1. The molecule has 0 spiro atoms. The first-order valence-corrected chi connectivity index (χ1v) is 21.8. The monoisotopic (exact) mass is 778 g/mol. The van der Waals surface area contributed by atoms with Gasteiger partial charge in [0.1, 0.15) is 0 Å². The van der Waals surface area contributed by atoms with Gasteiger partial charge in [-0.1, -0.05) is 178 Å². The smallest absolute Gasteiger partial charge is 0.0358 e. The van der Waals surface area contributed by atoms with Crippen LogP contribution in [0.3, 0.4) is 0 Å². The first-order valence-electron chi connectivity index (χ1n) is 21.0. The molecule has 12 aromatic rings. The van der Waals surface area contributed by atoms with E-state index in [4.69, 9.17) is 0 Å². The van der Waals surface area contributed by atoms with E-state index in [1.165, 1.54) is 130 Å². The predicted molar refractivity (Wildman–Crippen MR) is 261 cm³/mol. The third-order valence-electron chi connectivity index (χ3n) is 13.6. The van der Waals surface area contributed by atoms with Crippen molar-refractivity contribution in [1.29, 1.82) is 0 Å². The Bertz CT molecular complexity index is 3740. The van der Waals surface area contributed by atoms with Crippen molar-refractivity contribution in [2.75, 3.05) is 0 Å². The summed E-state index contributed by atoms with van der Waals surface area (Å²) >= 11 is 1.92. The van der Waals surface area contributed by atoms with Gasteiger partial charge in [-0.25, -0.2) is 0 Å². The highest BCUT2D eigenvalue weighted by Crippen LogP contribution is 2.56. The van der Waals surface area contributed by atoms with Crippen LogP contribution in [0.4, 0.5) is 0 Å². The molecule has 1 aliphatic carbocycles. The fourth-order valence-electron chi connectivity index (χ4n) is 10.9. The summed E-state index contributed by atoms with van der Waals surface area (Å²) in [6.07, 6.45) is 0. The molecule has 0 N–H and O–H groups in total. The Morgan fingerprint density at radius 2 is 0.867 bits per heavy atom. The summed E-state index contributed by atoms with van der Waals surface area (Å²) in [7, 11) is 0. The second-order valence-corrected chi connectivity index (χ2v) is 18.2. The minimum absolute atomic E-state index is 0.105. The molecule has 0 unspecified atom stereocenters. The maximum Gasteiger partial charge on any atom is 0.0358 e. The van der Waals surface area contributed by atoms with Crippen LogP contribution in [0.5, 0.6) is 0 Å². The number of rotatable bonds is 3. The number of benzene rings is 11. The zero-order chi connectivity index (χ0) is 39.7. The van der Waals surface area contributed by atoms with E-state index in [1.54, 1.807) is 0 Å². The summed E-state index contributed by atoms with van der Waals surface area (Å²) in [6.45, 7) is 4.84. The molecule has 60 heavy (non-hydrogen) atoms.